The summed E-state index contributed by atoms with van der Waals surface area (Å²) in [5.74, 6) is 0.932. The van der Waals surface area contributed by atoms with Crippen LogP contribution in [0.25, 0.3) is 0 Å². The summed E-state index contributed by atoms with van der Waals surface area (Å²) in [4.78, 5) is 19.9. The van der Waals surface area contributed by atoms with Gasteiger partial charge in [-0.05, 0) is 35.9 Å². The molecule has 0 saturated carbocycles. The first-order chi connectivity index (χ1) is 12.3. The van der Waals surface area contributed by atoms with Crippen LogP contribution in [0.15, 0.2) is 53.5 Å². The lowest BCUT2D eigenvalue weighted by atomic mass is 9.68. The van der Waals surface area contributed by atoms with Gasteiger partial charge in [-0.25, -0.2) is 0 Å². The van der Waals surface area contributed by atoms with E-state index in [9.17, 15) is 4.79 Å². The lowest BCUT2D eigenvalue weighted by Gasteiger charge is -2.34. The molecule has 26 heavy (non-hydrogen) atoms. The number of anilines is 1. The number of benzene rings is 2. The summed E-state index contributed by atoms with van der Waals surface area (Å²) in [5, 5.41) is 0. The number of nitrogens with zero attached hydrogens (tertiary/aromatic N) is 2. The van der Waals surface area contributed by atoms with Crippen LogP contribution in [0.2, 0.25) is 0 Å². The van der Waals surface area contributed by atoms with Crippen LogP contribution in [0, 0.1) is 5.41 Å². The van der Waals surface area contributed by atoms with Gasteiger partial charge in [0.1, 0.15) is 5.75 Å². The molecule has 2 aliphatic rings. The molecule has 4 heteroatoms. The molecule has 2 heterocycles. The van der Waals surface area contributed by atoms with Gasteiger partial charge >= 0.3 is 0 Å². The number of aliphatic imine (C=N–C) groups is 1. The zero-order valence-corrected chi connectivity index (χ0v) is 15.7. The Morgan fingerprint density at radius 1 is 1.08 bits per heavy atom. The van der Waals surface area contributed by atoms with Crippen LogP contribution in [-0.4, -0.2) is 25.3 Å². The fourth-order valence-corrected chi connectivity index (χ4v) is 4.32. The number of methoxy groups -OCH3 is 1. The van der Waals surface area contributed by atoms with E-state index in [1.54, 1.807) is 7.11 Å². The second-order valence-electron chi connectivity index (χ2n) is 8.16. The van der Waals surface area contributed by atoms with Gasteiger partial charge in [-0.15, -0.1) is 0 Å². The van der Waals surface area contributed by atoms with E-state index in [0.29, 0.717) is 13.0 Å². The Kier molecular flexibility index (Phi) is 3.69. The van der Waals surface area contributed by atoms with Crippen molar-refractivity contribution in [3.05, 3.63) is 54.1 Å². The fourth-order valence-electron chi connectivity index (χ4n) is 4.32. The van der Waals surface area contributed by atoms with Crippen molar-refractivity contribution in [3.63, 3.8) is 0 Å². The van der Waals surface area contributed by atoms with Crippen molar-refractivity contribution < 1.29 is 9.53 Å². The van der Waals surface area contributed by atoms with Gasteiger partial charge in [-0.2, -0.15) is 0 Å². The van der Waals surface area contributed by atoms with Crippen LogP contribution in [0.3, 0.4) is 0 Å². The standard InChI is InChI=1S/C22H24N2O2/c1-21(2,3)20-22(17-7-5-6-8-18(17)23-20)13-19(25)24(14-22)15-9-11-16(26-4)12-10-15/h5-12H,13-14H2,1-4H3. The number of amides is 1. The first kappa shape index (κ1) is 16.8. The number of fused-ring (bicyclic) bond motifs is 2. The average Bonchev–Trinajstić information content (AvgIpc) is 3.13. The molecule has 4 rings (SSSR count). The van der Waals surface area contributed by atoms with Gasteiger partial charge in [0.2, 0.25) is 5.91 Å². The Hall–Kier alpha value is -2.62. The van der Waals surface area contributed by atoms with E-state index in [4.69, 9.17) is 9.73 Å². The highest BCUT2D eigenvalue weighted by molar-refractivity contribution is 6.12. The maximum atomic E-state index is 13.0. The minimum atomic E-state index is -0.341. The molecular weight excluding hydrogens is 324 g/mol. The number of carbonyl (C=O) groups is 1. The predicted molar refractivity (Wildman–Crippen MR) is 105 cm³/mol. The van der Waals surface area contributed by atoms with E-state index >= 15 is 0 Å². The van der Waals surface area contributed by atoms with Crippen LogP contribution < -0.4 is 9.64 Å². The Balaban J connectivity index is 1.78. The topological polar surface area (TPSA) is 41.9 Å². The van der Waals surface area contributed by atoms with Gasteiger partial charge in [0, 0.05) is 29.8 Å². The normalized spacial score (nSPS) is 21.9. The zero-order valence-electron chi connectivity index (χ0n) is 15.7. The first-order valence-electron chi connectivity index (χ1n) is 8.99. The van der Waals surface area contributed by atoms with Crippen molar-refractivity contribution in [2.45, 2.75) is 32.6 Å². The van der Waals surface area contributed by atoms with Crippen molar-refractivity contribution in [3.8, 4) is 5.75 Å². The Morgan fingerprint density at radius 3 is 2.42 bits per heavy atom. The summed E-state index contributed by atoms with van der Waals surface area (Å²) < 4.78 is 5.24. The number of carbonyl (C=O) groups excluding carboxylic acids is 1. The first-order valence-corrected chi connectivity index (χ1v) is 8.99. The molecule has 1 amide bonds. The molecule has 0 radical (unpaired) electrons. The van der Waals surface area contributed by atoms with Crippen molar-refractivity contribution in [1.82, 2.24) is 0 Å². The largest absolute Gasteiger partial charge is 0.497 e. The molecule has 1 unspecified atom stereocenters. The summed E-state index contributed by atoms with van der Waals surface area (Å²) >= 11 is 0. The van der Waals surface area contributed by atoms with Gasteiger partial charge in [-0.1, -0.05) is 39.0 Å². The van der Waals surface area contributed by atoms with E-state index in [1.165, 1.54) is 5.56 Å². The predicted octanol–water partition coefficient (Wildman–Crippen LogP) is 4.50. The highest BCUT2D eigenvalue weighted by Crippen LogP contribution is 2.51. The Morgan fingerprint density at radius 2 is 1.77 bits per heavy atom. The smallest absolute Gasteiger partial charge is 0.228 e. The average molecular weight is 348 g/mol. The fraction of sp³-hybridized carbons (Fsp3) is 0.364. The number of hydrogen-bond acceptors (Lipinski definition) is 3. The van der Waals surface area contributed by atoms with Gasteiger partial charge in [0.15, 0.2) is 0 Å². The minimum absolute atomic E-state index is 0.102. The quantitative estimate of drug-likeness (QED) is 0.802. The number of ether oxygens (including phenoxy) is 1. The van der Waals surface area contributed by atoms with E-state index in [1.807, 2.05) is 41.3 Å². The molecular formula is C22H24N2O2. The maximum Gasteiger partial charge on any atom is 0.228 e. The van der Waals surface area contributed by atoms with E-state index in [0.717, 1.165) is 22.8 Å². The molecule has 0 aromatic heterocycles. The molecule has 4 nitrogen and oxygen atoms in total. The lowest BCUT2D eigenvalue weighted by molar-refractivity contribution is -0.117. The Labute approximate surface area is 154 Å². The highest BCUT2D eigenvalue weighted by atomic mass is 16.5. The molecule has 1 saturated heterocycles. The van der Waals surface area contributed by atoms with Gasteiger partial charge in [0.05, 0.1) is 18.2 Å². The molecule has 0 aliphatic carbocycles. The van der Waals surface area contributed by atoms with Gasteiger partial charge in [0.25, 0.3) is 0 Å². The van der Waals surface area contributed by atoms with Crippen LogP contribution in [0.5, 0.6) is 5.75 Å². The van der Waals surface area contributed by atoms with E-state index in [-0.39, 0.29) is 16.7 Å². The monoisotopic (exact) mass is 348 g/mol. The molecule has 134 valence electrons. The SMILES string of the molecule is COc1ccc(N2CC3(CC2=O)C(C(C)(C)C)=Nc2ccccc23)cc1. The summed E-state index contributed by atoms with van der Waals surface area (Å²) in [5.41, 5.74) is 3.75. The van der Waals surface area contributed by atoms with Crippen molar-refractivity contribution in [2.24, 2.45) is 10.4 Å². The maximum absolute atomic E-state index is 13.0. The van der Waals surface area contributed by atoms with Crippen LogP contribution in [0.4, 0.5) is 11.4 Å². The molecule has 2 aromatic rings. The molecule has 0 bridgehead atoms. The van der Waals surface area contributed by atoms with Gasteiger partial charge < -0.3 is 9.64 Å². The Bertz CT molecular complexity index is 893. The molecule has 1 spiro atoms. The van der Waals surface area contributed by atoms with Gasteiger partial charge in [-0.3, -0.25) is 9.79 Å². The van der Waals surface area contributed by atoms with Crippen molar-refractivity contribution in [1.29, 1.82) is 0 Å². The molecule has 1 atom stereocenters. The number of hydrogen-bond donors (Lipinski definition) is 0. The molecule has 2 aliphatic heterocycles. The lowest BCUT2D eigenvalue weighted by Crippen LogP contribution is -2.43. The number of rotatable bonds is 2. The number of para-hydroxylation sites is 1. The highest BCUT2D eigenvalue weighted by Gasteiger charge is 2.54. The van der Waals surface area contributed by atoms with Crippen molar-refractivity contribution >= 4 is 23.0 Å². The molecule has 0 N–H and O–H groups in total. The summed E-state index contributed by atoms with van der Waals surface area (Å²) in [7, 11) is 1.65. The van der Waals surface area contributed by atoms with Crippen LogP contribution >= 0.6 is 0 Å². The second-order valence-corrected chi connectivity index (χ2v) is 8.16. The van der Waals surface area contributed by atoms with Crippen LogP contribution in [-0.2, 0) is 10.2 Å². The summed E-state index contributed by atoms with van der Waals surface area (Å²) in [6, 6.07) is 15.9. The van der Waals surface area contributed by atoms with E-state index < -0.39 is 0 Å². The molecule has 1 fully saturated rings. The molecule has 2 aromatic carbocycles. The summed E-state index contributed by atoms with van der Waals surface area (Å²) in [6.07, 6.45) is 0.464. The van der Waals surface area contributed by atoms with Crippen molar-refractivity contribution in [2.75, 3.05) is 18.6 Å². The third kappa shape index (κ3) is 2.44. The van der Waals surface area contributed by atoms with Crippen LogP contribution in [0.1, 0.15) is 32.8 Å². The second kappa shape index (κ2) is 5.70. The third-order valence-corrected chi connectivity index (χ3v) is 5.38. The van der Waals surface area contributed by atoms with E-state index in [2.05, 4.69) is 32.9 Å². The zero-order chi connectivity index (χ0) is 18.5. The third-order valence-electron chi connectivity index (χ3n) is 5.38. The minimum Gasteiger partial charge on any atom is -0.497 e. The summed E-state index contributed by atoms with van der Waals surface area (Å²) in [6.45, 7) is 7.17.